The van der Waals surface area contributed by atoms with E-state index in [1.807, 2.05) is 6.92 Å². The number of hydrogen-bond acceptors (Lipinski definition) is 4. The van der Waals surface area contributed by atoms with Crippen molar-refractivity contribution in [1.82, 2.24) is 9.80 Å². The molecule has 1 heterocycles. The van der Waals surface area contributed by atoms with Crippen LogP contribution in [0.3, 0.4) is 0 Å². The minimum absolute atomic E-state index is 0.00460. The van der Waals surface area contributed by atoms with Gasteiger partial charge < -0.3 is 14.5 Å². The van der Waals surface area contributed by atoms with Gasteiger partial charge in [-0.25, -0.2) is 0 Å². The van der Waals surface area contributed by atoms with Gasteiger partial charge in [-0.15, -0.1) is 0 Å². The highest BCUT2D eigenvalue weighted by atomic mass is 16.5. The fourth-order valence-electron chi connectivity index (χ4n) is 2.07. The molecule has 102 valence electrons. The molecule has 0 aromatic heterocycles. The number of esters is 1. The summed E-state index contributed by atoms with van der Waals surface area (Å²) in [5.41, 5.74) is 0. The summed E-state index contributed by atoms with van der Waals surface area (Å²) >= 11 is 0. The molecule has 1 rings (SSSR count). The fourth-order valence-corrected chi connectivity index (χ4v) is 2.07. The van der Waals surface area contributed by atoms with Crippen molar-refractivity contribution < 1.29 is 19.1 Å². The van der Waals surface area contributed by atoms with Crippen LogP contribution >= 0.6 is 0 Å². The van der Waals surface area contributed by atoms with Crippen LogP contribution in [0.2, 0.25) is 0 Å². The molecule has 0 aromatic carbocycles. The lowest BCUT2D eigenvalue weighted by Crippen LogP contribution is -2.40. The minimum atomic E-state index is -0.443. The largest absolute Gasteiger partial charge is 0.468 e. The average Bonchev–Trinajstić information content (AvgIpc) is 2.76. The van der Waals surface area contributed by atoms with Crippen molar-refractivity contribution >= 4 is 17.8 Å². The van der Waals surface area contributed by atoms with Gasteiger partial charge in [0, 0.05) is 26.1 Å². The van der Waals surface area contributed by atoms with Crippen LogP contribution in [-0.2, 0) is 19.1 Å². The van der Waals surface area contributed by atoms with E-state index in [9.17, 15) is 14.4 Å². The Morgan fingerprint density at radius 2 is 2.11 bits per heavy atom. The Morgan fingerprint density at radius 1 is 1.44 bits per heavy atom. The van der Waals surface area contributed by atoms with Crippen LogP contribution < -0.4 is 0 Å². The second kappa shape index (κ2) is 6.37. The van der Waals surface area contributed by atoms with E-state index in [0.717, 1.165) is 0 Å². The highest BCUT2D eigenvalue weighted by Gasteiger charge is 2.35. The maximum atomic E-state index is 12.2. The molecule has 0 aromatic rings. The maximum absolute atomic E-state index is 12.2. The lowest BCUT2D eigenvalue weighted by atomic mass is 10.1. The molecule has 0 aliphatic carbocycles. The molecule has 0 spiro atoms. The predicted octanol–water partition coefficient (Wildman–Crippen LogP) is -0.124. The van der Waals surface area contributed by atoms with Gasteiger partial charge in [-0.05, 0) is 13.8 Å². The first kappa shape index (κ1) is 14.5. The van der Waals surface area contributed by atoms with Crippen LogP contribution in [-0.4, -0.2) is 60.9 Å². The van der Waals surface area contributed by atoms with Crippen LogP contribution in [0.4, 0.5) is 0 Å². The molecule has 18 heavy (non-hydrogen) atoms. The Labute approximate surface area is 107 Å². The van der Waals surface area contributed by atoms with E-state index in [1.165, 1.54) is 12.0 Å². The molecule has 0 radical (unpaired) electrons. The number of likely N-dealkylation sites (N-methyl/N-ethyl adjacent to an activating group) is 1. The second-order valence-electron chi connectivity index (χ2n) is 4.26. The molecule has 1 fully saturated rings. The lowest BCUT2D eigenvalue weighted by molar-refractivity contribution is -0.148. The van der Waals surface area contributed by atoms with E-state index < -0.39 is 5.97 Å². The smallest absolute Gasteiger partial charge is 0.325 e. The molecule has 1 saturated heterocycles. The van der Waals surface area contributed by atoms with Crippen molar-refractivity contribution in [1.29, 1.82) is 0 Å². The van der Waals surface area contributed by atoms with Gasteiger partial charge in [0.15, 0.2) is 0 Å². The fraction of sp³-hybridized carbons (Fsp3) is 0.750. The number of rotatable bonds is 5. The minimum Gasteiger partial charge on any atom is -0.468 e. The molecule has 2 amide bonds. The third kappa shape index (κ3) is 3.21. The first-order valence-corrected chi connectivity index (χ1v) is 6.16. The van der Waals surface area contributed by atoms with Gasteiger partial charge in [-0.3, -0.25) is 14.4 Å². The van der Waals surface area contributed by atoms with Crippen molar-refractivity contribution in [3.63, 3.8) is 0 Å². The van der Waals surface area contributed by atoms with E-state index in [1.54, 1.807) is 11.8 Å². The standard InChI is InChI=1S/C12H20N2O4/c1-4-13-7-9(6-10(13)15)12(17)14(5-2)8-11(16)18-3/h9H,4-8H2,1-3H3. The Bertz CT molecular complexity index is 339. The Balaban J connectivity index is 2.62. The van der Waals surface area contributed by atoms with Crippen LogP contribution in [0.5, 0.6) is 0 Å². The van der Waals surface area contributed by atoms with Gasteiger partial charge in [-0.2, -0.15) is 0 Å². The van der Waals surface area contributed by atoms with Crippen LogP contribution in [0.25, 0.3) is 0 Å². The maximum Gasteiger partial charge on any atom is 0.325 e. The average molecular weight is 256 g/mol. The molecule has 0 N–H and O–H groups in total. The summed E-state index contributed by atoms with van der Waals surface area (Å²) in [4.78, 5) is 38.0. The number of methoxy groups -OCH3 is 1. The molecule has 6 nitrogen and oxygen atoms in total. The van der Waals surface area contributed by atoms with Crippen LogP contribution in [0, 0.1) is 5.92 Å². The topological polar surface area (TPSA) is 66.9 Å². The molecule has 1 aliphatic rings. The van der Waals surface area contributed by atoms with E-state index in [4.69, 9.17) is 0 Å². The summed E-state index contributed by atoms with van der Waals surface area (Å²) in [7, 11) is 1.29. The number of hydrogen-bond donors (Lipinski definition) is 0. The third-order valence-electron chi connectivity index (χ3n) is 3.19. The zero-order valence-corrected chi connectivity index (χ0v) is 11.1. The zero-order chi connectivity index (χ0) is 13.7. The van der Waals surface area contributed by atoms with Crippen LogP contribution in [0.15, 0.2) is 0 Å². The third-order valence-corrected chi connectivity index (χ3v) is 3.19. The van der Waals surface area contributed by atoms with Gasteiger partial charge in [-0.1, -0.05) is 0 Å². The monoisotopic (exact) mass is 256 g/mol. The SMILES string of the molecule is CCN1CC(C(=O)N(CC)CC(=O)OC)CC1=O. The molecule has 0 saturated carbocycles. The molecular weight excluding hydrogens is 236 g/mol. The summed E-state index contributed by atoms with van der Waals surface area (Å²) in [6, 6.07) is 0. The summed E-state index contributed by atoms with van der Waals surface area (Å²) in [6.07, 6.45) is 0.240. The Hall–Kier alpha value is -1.59. The molecular formula is C12H20N2O4. The first-order valence-electron chi connectivity index (χ1n) is 6.16. The summed E-state index contributed by atoms with van der Waals surface area (Å²) in [5, 5.41) is 0. The number of carbonyl (C=O) groups excluding carboxylic acids is 3. The van der Waals surface area contributed by atoms with Crippen molar-refractivity contribution in [2.75, 3.05) is 33.3 Å². The number of ether oxygens (including phenoxy) is 1. The Kier molecular flexibility index (Phi) is 5.12. The van der Waals surface area contributed by atoms with Gasteiger partial charge in [0.05, 0.1) is 13.0 Å². The second-order valence-corrected chi connectivity index (χ2v) is 4.26. The molecule has 1 aliphatic heterocycles. The number of amides is 2. The zero-order valence-electron chi connectivity index (χ0n) is 11.1. The number of nitrogens with zero attached hydrogens (tertiary/aromatic N) is 2. The van der Waals surface area contributed by atoms with E-state index in [-0.39, 0.29) is 30.7 Å². The van der Waals surface area contributed by atoms with E-state index in [0.29, 0.717) is 19.6 Å². The molecule has 1 unspecified atom stereocenters. The number of likely N-dealkylation sites (tertiary alicyclic amines) is 1. The van der Waals surface area contributed by atoms with E-state index >= 15 is 0 Å². The lowest BCUT2D eigenvalue weighted by Gasteiger charge is -2.22. The number of carbonyl (C=O) groups is 3. The quantitative estimate of drug-likeness (QED) is 0.643. The van der Waals surface area contributed by atoms with Gasteiger partial charge >= 0.3 is 5.97 Å². The van der Waals surface area contributed by atoms with Crippen LogP contribution in [0.1, 0.15) is 20.3 Å². The molecule has 6 heteroatoms. The highest BCUT2D eigenvalue weighted by Crippen LogP contribution is 2.19. The summed E-state index contributed by atoms with van der Waals surface area (Å²) in [6.45, 7) is 5.14. The highest BCUT2D eigenvalue weighted by molar-refractivity contribution is 5.90. The summed E-state index contributed by atoms with van der Waals surface area (Å²) in [5.74, 6) is -0.916. The van der Waals surface area contributed by atoms with Gasteiger partial charge in [0.25, 0.3) is 0 Å². The summed E-state index contributed by atoms with van der Waals surface area (Å²) < 4.78 is 4.55. The van der Waals surface area contributed by atoms with Crippen molar-refractivity contribution in [3.05, 3.63) is 0 Å². The molecule has 0 bridgehead atoms. The van der Waals surface area contributed by atoms with Gasteiger partial charge in [0.1, 0.15) is 6.54 Å². The Morgan fingerprint density at radius 3 is 2.56 bits per heavy atom. The molecule has 1 atom stereocenters. The van der Waals surface area contributed by atoms with Gasteiger partial charge in [0.2, 0.25) is 11.8 Å². The van der Waals surface area contributed by atoms with Crippen molar-refractivity contribution in [3.8, 4) is 0 Å². The normalized spacial score (nSPS) is 18.9. The predicted molar refractivity (Wildman–Crippen MR) is 64.6 cm³/mol. The van der Waals surface area contributed by atoms with Crippen molar-refractivity contribution in [2.24, 2.45) is 5.92 Å². The van der Waals surface area contributed by atoms with Crippen molar-refractivity contribution in [2.45, 2.75) is 20.3 Å². The first-order chi connectivity index (χ1) is 8.53. The van der Waals surface area contributed by atoms with E-state index in [2.05, 4.69) is 4.74 Å².